The van der Waals surface area contributed by atoms with Crippen molar-refractivity contribution in [2.24, 2.45) is 0 Å². The number of ether oxygens (including phenoxy) is 1. The van der Waals surface area contributed by atoms with Crippen molar-refractivity contribution in [2.45, 2.75) is 51.0 Å². The average molecular weight is 439 g/mol. The van der Waals surface area contributed by atoms with Crippen LogP contribution in [0, 0.1) is 0 Å². The molecule has 0 radical (unpaired) electrons. The second-order valence-electron chi connectivity index (χ2n) is 8.44. The third-order valence-corrected chi connectivity index (χ3v) is 6.22. The third kappa shape index (κ3) is 5.44. The van der Waals surface area contributed by atoms with Crippen molar-refractivity contribution in [3.8, 4) is 5.88 Å². The molecule has 4 rings (SSSR count). The molecule has 2 amide bonds. The van der Waals surface area contributed by atoms with E-state index in [0.29, 0.717) is 31.1 Å². The number of pyridine rings is 1. The van der Waals surface area contributed by atoms with Crippen molar-refractivity contribution >= 4 is 11.8 Å². The molecular formula is C24H30N4O4. The predicted molar refractivity (Wildman–Crippen MR) is 119 cm³/mol. The van der Waals surface area contributed by atoms with E-state index in [-0.39, 0.29) is 30.5 Å². The lowest BCUT2D eigenvalue weighted by Gasteiger charge is -2.31. The molecular weight excluding hydrogens is 408 g/mol. The molecule has 0 bridgehead atoms. The van der Waals surface area contributed by atoms with Crippen molar-refractivity contribution < 1.29 is 19.4 Å². The summed E-state index contributed by atoms with van der Waals surface area (Å²) in [5, 5.41) is 16.7. The highest BCUT2D eigenvalue weighted by Crippen LogP contribution is 2.19. The van der Waals surface area contributed by atoms with Gasteiger partial charge < -0.3 is 25.4 Å². The first kappa shape index (κ1) is 22.2. The molecule has 3 N–H and O–H groups in total. The van der Waals surface area contributed by atoms with Gasteiger partial charge in [-0.25, -0.2) is 4.98 Å². The Bertz CT molecular complexity index is 959. The van der Waals surface area contributed by atoms with Crippen LogP contribution in [0.15, 0.2) is 42.6 Å². The van der Waals surface area contributed by atoms with Gasteiger partial charge in [0.2, 0.25) is 11.8 Å². The number of amides is 2. The van der Waals surface area contributed by atoms with Gasteiger partial charge in [0.15, 0.2) is 0 Å². The molecule has 0 aliphatic carbocycles. The summed E-state index contributed by atoms with van der Waals surface area (Å²) in [6, 6.07) is 11.3. The molecule has 32 heavy (non-hydrogen) atoms. The summed E-state index contributed by atoms with van der Waals surface area (Å²) in [6.45, 7) is 3.77. The van der Waals surface area contributed by atoms with E-state index in [1.165, 1.54) is 11.1 Å². The van der Waals surface area contributed by atoms with Gasteiger partial charge in [0, 0.05) is 69.8 Å². The molecule has 170 valence electrons. The highest BCUT2D eigenvalue weighted by molar-refractivity contribution is 5.94. The topological polar surface area (TPSA) is 104 Å². The van der Waals surface area contributed by atoms with Gasteiger partial charge in [-0.3, -0.25) is 9.59 Å². The highest BCUT2D eigenvalue weighted by atomic mass is 16.5. The van der Waals surface area contributed by atoms with Crippen LogP contribution in [0.5, 0.6) is 5.88 Å². The van der Waals surface area contributed by atoms with Crippen molar-refractivity contribution in [3.05, 3.63) is 59.3 Å². The standard InChI is InChI=1S/C24H30N4O4/c1-16(29)28-10-7-20(8-11-28)32-23-13-18(6-9-25-23)24(31)27-15-22(30)21-12-17-4-2-3-5-19(17)14-26-21/h2-6,9,13,20-22,26,30H,7-8,10-12,14-15H2,1H3,(H,27,31)/t21-,22+/m0/s1. The second-order valence-corrected chi connectivity index (χ2v) is 8.44. The van der Waals surface area contributed by atoms with Gasteiger partial charge in [0.25, 0.3) is 5.91 Å². The Kier molecular flexibility index (Phi) is 7.02. The van der Waals surface area contributed by atoms with Crippen LogP contribution in [0.25, 0.3) is 0 Å². The number of aliphatic hydroxyl groups is 1. The lowest BCUT2D eigenvalue weighted by Crippen LogP contribution is -2.49. The molecule has 1 aromatic heterocycles. The number of likely N-dealkylation sites (tertiary alicyclic amines) is 1. The van der Waals surface area contributed by atoms with Crippen molar-refractivity contribution in [2.75, 3.05) is 19.6 Å². The van der Waals surface area contributed by atoms with Crippen molar-refractivity contribution in [1.82, 2.24) is 20.5 Å². The summed E-state index contributed by atoms with van der Waals surface area (Å²) in [4.78, 5) is 30.1. The lowest BCUT2D eigenvalue weighted by atomic mass is 9.93. The van der Waals surface area contributed by atoms with Gasteiger partial charge in [-0.1, -0.05) is 24.3 Å². The number of aromatic nitrogens is 1. The molecule has 2 atom stereocenters. The molecule has 2 aromatic rings. The van der Waals surface area contributed by atoms with E-state index in [4.69, 9.17) is 4.74 Å². The van der Waals surface area contributed by atoms with E-state index >= 15 is 0 Å². The van der Waals surface area contributed by atoms with Crippen LogP contribution in [0.3, 0.4) is 0 Å². The maximum atomic E-state index is 12.6. The average Bonchev–Trinajstić information content (AvgIpc) is 2.82. The Balaban J connectivity index is 1.27. The maximum Gasteiger partial charge on any atom is 0.251 e. The number of aliphatic hydroxyl groups excluding tert-OH is 1. The molecule has 0 spiro atoms. The van der Waals surface area contributed by atoms with E-state index in [1.54, 1.807) is 25.3 Å². The summed E-state index contributed by atoms with van der Waals surface area (Å²) in [7, 11) is 0. The minimum atomic E-state index is -0.698. The predicted octanol–water partition coefficient (Wildman–Crippen LogP) is 1.28. The Hall–Kier alpha value is -2.97. The van der Waals surface area contributed by atoms with E-state index in [1.807, 2.05) is 17.0 Å². The molecule has 3 heterocycles. The molecule has 0 unspecified atom stereocenters. The summed E-state index contributed by atoms with van der Waals surface area (Å²) in [5.74, 6) is 0.194. The van der Waals surface area contributed by atoms with Gasteiger partial charge in [0.05, 0.1) is 6.10 Å². The van der Waals surface area contributed by atoms with Gasteiger partial charge in [0.1, 0.15) is 6.10 Å². The number of piperidine rings is 1. The van der Waals surface area contributed by atoms with Crippen LogP contribution >= 0.6 is 0 Å². The quantitative estimate of drug-likeness (QED) is 0.628. The monoisotopic (exact) mass is 438 g/mol. The van der Waals surface area contributed by atoms with Gasteiger partial charge in [-0.05, 0) is 23.6 Å². The Morgan fingerprint density at radius 1 is 1.25 bits per heavy atom. The van der Waals surface area contributed by atoms with E-state index in [0.717, 1.165) is 19.3 Å². The van der Waals surface area contributed by atoms with Gasteiger partial charge in [-0.2, -0.15) is 0 Å². The molecule has 8 heteroatoms. The Labute approximate surface area is 188 Å². The normalized spacial score (nSPS) is 19.7. The first-order chi connectivity index (χ1) is 15.5. The molecule has 1 fully saturated rings. The Morgan fingerprint density at radius 3 is 2.75 bits per heavy atom. The number of nitrogens with zero attached hydrogens (tertiary/aromatic N) is 2. The zero-order valence-corrected chi connectivity index (χ0v) is 18.3. The minimum absolute atomic E-state index is 0.0292. The number of fused-ring (bicyclic) bond motifs is 1. The SMILES string of the molecule is CC(=O)N1CCC(Oc2cc(C(=O)NC[C@@H](O)[C@@H]3Cc4ccccc4CN3)ccn2)CC1. The van der Waals surface area contributed by atoms with Crippen LogP contribution in [0.4, 0.5) is 0 Å². The second kappa shape index (κ2) is 10.1. The van der Waals surface area contributed by atoms with Crippen LogP contribution in [-0.4, -0.2) is 64.7 Å². The van der Waals surface area contributed by atoms with Crippen LogP contribution in [-0.2, 0) is 17.8 Å². The fraction of sp³-hybridized carbons (Fsp3) is 0.458. The molecule has 2 aliphatic heterocycles. The van der Waals surface area contributed by atoms with Crippen molar-refractivity contribution in [1.29, 1.82) is 0 Å². The summed E-state index contributed by atoms with van der Waals surface area (Å²) in [6.07, 6.45) is 3.02. The summed E-state index contributed by atoms with van der Waals surface area (Å²) >= 11 is 0. The summed E-state index contributed by atoms with van der Waals surface area (Å²) < 4.78 is 5.94. The van der Waals surface area contributed by atoms with Crippen LogP contribution in [0.2, 0.25) is 0 Å². The zero-order chi connectivity index (χ0) is 22.5. The largest absolute Gasteiger partial charge is 0.474 e. The summed E-state index contributed by atoms with van der Waals surface area (Å²) in [5.41, 5.74) is 2.91. The minimum Gasteiger partial charge on any atom is -0.474 e. The number of carbonyl (C=O) groups is 2. The van der Waals surface area contributed by atoms with E-state index in [9.17, 15) is 14.7 Å². The number of benzene rings is 1. The first-order valence-corrected chi connectivity index (χ1v) is 11.1. The first-order valence-electron chi connectivity index (χ1n) is 11.1. The lowest BCUT2D eigenvalue weighted by molar-refractivity contribution is -0.130. The molecule has 2 aliphatic rings. The molecule has 0 saturated carbocycles. The van der Waals surface area contributed by atoms with E-state index < -0.39 is 6.10 Å². The number of carbonyl (C=O) groups excluding carboxylic acids is 2. The van der Waals surface area contributed by atoms with Crippen LogP contribution in [0.1, 0.15) is 41.3 Å². The number of nitrogens with one attached hydrogen (secondary N) is 2. The molecule has 8 nitrogen and oxygen atoms in total. The highest BCUT2D eigenvalue weighted by Gasteiger charge is 2.25. The fourth-order valence-electron chi connectivity index (χ4n) is 4.27. The van der Waals surface area contributed by atoms with Gasteiger partial charge in [-0.15, -0.1) is 0 Å². The van der Waals surface area contributed by atoms with Crippen LogP contribution < -0.4 is 15.4 Å². The van der Waals surface area contributed by atoms with Crippen molar-refractivity contribution in [3.63, 3.8) is 0 Å². The number of hydrogen-bond acceptors (Lipinski definition) is 6. The number of rotatable bonds is 6. The zero-order valence-electron chi connectivity index (χ0n) is 18.3. The Morgan fingerprint density at radius 2 is 2.00 bits per heavy atom. The fourth-order valence-corrected chi connectivity index (χ4v) is 4.27. The maximum absolute atomic E-state index is 12.6. The number of hydrogen-bond donors (Lipinski definition) is 3. The molecule has 1 saturated heterocycles. The smallest absolute Gasteiger partial charge is 0.251 e. The van der Waals surface area contributed by atoms with Gasteiger partial charge >= 0.3 is 0 Å². The third-order valence-electron chi connectivity index (χ3n) is 6.22. The molecule has 1 aromatic carbocycles. The van der Waals surface area contributed by atoms with E-state index in [2.05, 4.69) is 27.8 Å².